The number of morpholine rings is 1. The van der Waals surface area contributed by atoms with Crippen LogP contribution in [0.2, 0.25) is 5.15 Å². The third-order valence-electron chi connectivity index (χ3n) is 4.87. The maximum absolute atomic E-state index is 9.77. The van der Waals surface area contributed by atoms with Crippen molar-refractivity contribution in [2.45, 2.75) is 6.54 Å². The molecule has 136 valence electrons. The molecule has 0 saturated carbocycles. The Hall–Kier alpha value is -0.440. The van der Waals surface area contributed by atoms with Crippen LogP contribution in [0.15, 0.2) is 0 Å². The van der Waals surface area contributed by atoms with Crippen molar-refractivity contribution in [1.29, 1.82) is 0 Å². The first-order chi connectivity index (χ1) is 11.6. The molecule has 3 rings (SSSR count). The second-order valence-corrected chi connectivity index (χ2v) is 8.33. The minimum absolute atomic E-state index is 0.255. The molecule has 1 aromatic rings. The van der Waals surface area contributed by atoms with E-state index in [1.807, 2.05) is 19.0 Å². The molecule has 24 heavy (non-hydrogen) atoms. The summed E-state index contributed by atoms with van der Waals surface area (Å²) >= 11 is 7.96. The van der Waals surface area contributed by atoms with Crippen LogP contribution in [-0.4, -0.2) is 86.5 Å². The van der Waals surface area contributed by atoms with Gasteiger partial charge in [-0.1, -0.05) is 22.9 Å². The maximum atomic E-state index is 9.77. The lowest BCUT2D eigenvalue weighted by Crippen LogP contribution is -2.41. The zero-order valence-corrected chi connectivity index (χ0v) is 16.0. The Morgan fingerprint density at radius 3 is 2.58 bits per heavy atom. The van der Waals surface area contributed by atoms with Gasteiger partial charge in [-0.2, -0.15) is 0 Å². The summed E-state index contributed by atoms with van der Waals surface area (Å²) in [6.07, 6.45) is 0. The number of rotatable bonds is 6. The van der Waals surface area contributed by atoms with Gasteiger partial charge in [-0.3, -0.25) is 9.80 Å². The Balaban J connectivity index is 1.59. The molecule has 0 aromatic carbocycles. The first-order valence-electron chi connectivity index (χ1n) is 8.52. The van der Waals surface area contributed by atoms with E-state index in [9.17, 15) is 5.11 Å². The largest absolute Gasteiger partial charge is 0.396 e. The van der Waals surface area contributed by atoms with Crippen LogP contribution in [0.25, 0.3) is 0 Å². The molecule has 0 bridgehead atoms. The smallest absolute Gasteiger partial charge is 0.186 e. The van der Waals surface area contributed by atoms with E-state index < -0.39 is 0 Å². The predicted molar refractivity (Wildman–Crippen MR) is 98.1 cm³/mol. The number of hydrogen-bond acceptors (Lipinski definition) is 7. The van der Waals surface area contributed by atoms with Crippen molar-refractivity contribution >= 4 is 28.1 Å². The first-order valence-corrected chi connectivity index (χ1v) is 9.72. The Morgan fingerprint density at radius 1 is 1.25 bits per heavy atom. The lowest BCUT2D eigenvalue weighted by atomic mass is 9.96. The lowest BCUT2D eigenvalue weighted by Gasteiger charge is -2.30. The molecule has 0 radical (unpaired) electrons. The van der Waals surface area contributed by atoms with Gasteiger partial charge in [0, 0.05) is 60.0 Å². The fraction of sp³-hybridized carbons (Fsp3) is 0.812. The first kappa shape index (κ1) is 18.4. The Kier molecular flexibility index (Phi) is 6.34. The molecular weight excluding hydrogens is 348 g/mol. The van der Waals surface area contributed by atoms with Gasteiger partial charge < -0.3 is 14.7 Å². The van der Waals surface area contributed by atoms with E-state index in [1.54, 1.807) is 11.3 Å². The van der Waals surface area contributed by atoms with Gasteiger partial charge in [0.2, 0.25) is 0 Å². The Morgan fingerprint density at radius 2 is 1.96 bits per heavy atom. The molecule has 2 aliphatic heterocycles. The van der Waals surface area contributed by atoms with E-state index in [4.69, 9.17) is 16.3 Å². The van der Waals surface area contributed by atoms with Gasteiger partial charge >= 0.3 is 0 Å². The SMILES string of the molecule is CN(C)c1nc(Cl)c(CN2C[C@@H](CN3CCOCC3)[C@@H](CO)C2)s1. The van der Waals surface area contributed by atoms with Crippen LogP contribution in [0, 0.1) is 11.8 Å². The summed E-state index contributed by atoms with van der Waals surface area (Å²) in [5, 5.41) is 11.3. The standard InChI is InChI=1S/C16H27ClN4O2S/c1-19(2)16-18-15(17)14(24-16)10-21-8-12(13(9-21)11-22)7-20-3-5-23-6-4-20/h12-13,22H,3-11H2,1-2H3/t12-,13-/m1/s1. The van der Waals surface area contributed by atoms with Crippen molar-refractivity contribution in [1.82, 2.24) is 14.8 Å². The van der Waals surface area contributed by atoms with E-state index in [1.165, 1.54) is 0 Å². The van der Waals surface area contributed by atoms with Crippen LogP contribution in [-0.2, 0) is 11.3 Å². The van der Waals surface area contributed by atoms with Crippen LogP contribution in [0.5, 0.6) is 0 Å². The lowest BCUT2D eigenvalue weighted by molar-refractivity contribution is 0.0264. The number of anilines is 1. The van der Waals surface area contributed by atoms with Gasteiger partial charge in [-0.15, -0.1) is 0 Å². The van der Waals surface area contributed by atoms with Crippen LogP contribution in [0.4, 0.5) is 5.13 Å². The molecule has 2 fully saturated rings. The van der Waals surface area contributed by atoms with E-state index in [0.29, 0.717) is 17.0 Å². The predicted octanol–water partition coefficient (Wildman–Crippen LogP) is 1.23. The molecule has 0 spiro atoms. The van der Waals surface area contributed by atoms with Crippen LogP contribution < -0.4 is 4.90 Å². The van der Waals surface area contributed by atoms with Crippen LogP contribution >= 0.6 is 22.9 Å². The number of aliphatic hydroxyl groups is 1. The quantitative estimate of drug-likeness (QED) is 0.808. The van der Waals surface area contributed by atoms with Gasteiger partial charge in [0.15, 0.2) is 5.13 Å². The topological polar surface area (TPSA) is 52.1 Å². The molecule has 8 heteroatoms. The van der Waals surface area contributed by atoms with Crippen molar-refractivity contribution in [2.24, 2.45) is 11.8 Å². The highest BCUT2D eigenvalue weighted by molar-refractivity contribution is 7.16. The molecule has 1 N–H and O–H groups in total. The fourth-order valence-corrected chi connectivity index (χ4v) is 4.73. The third-order valence-corrected chi connectivity index (χ3v) is 6.50. The molecule has 0 aliphatic carbocycles. The number of halogens is 1. The summed E-state index contributed by atoms with van der Waals surface area (Å²) in [6, 6.07) is 0. The van der Waals surface area contributed by atoms with E-state index in [2.05, 4.69) is 14.8 Å². The molecular formula is C16H27ClN4O2S. The van der Waals surface area contributed by atoms with Crippen molar-refractivity contribution < 1.29 is 9.84 Å². The molecule has 6 nitrogen and oxygen atoms in total. The zero-order valence-electron chi connectivity index (χ0n) is 14.4. The highest BCUT2D eigenvalue weighted by Gasteiger charge is 2.34. The number of ether oxygens (including phenoxy) is 1. The fourth-order valence-electron chi connectivity index (χ4n) is 3.51. The number of nitrogens with zero attached hydrogens (tertiary/aromatic N) is 4. The molecule has 1 aromatic heterocycles. The number of thiazole rings is 1. The van der Waals surface area contributed by atoms with Gasteiger partial charge in [-0.05, 0) is 11.8 Å². The average molecular weight is 375 g/mol. The number of aromatic nitrogens is 1. The monoisotopic (exact) mass is 374 g/mol. The third kappa shape index (κ3) is 4.39. The maximum Gasteiger partial charge on any atom is 0.186 e. The highest BCUT2D eigenvalue weighted by Crippen LogP contribution is 2.32. The summed E-state index contributed by atoms with van der Waals surface area (Å²) in [4.78, 5) is 12.4. The normalized spacial score (nSPS) is 26.2. The van der Waals surface area contributed by atoms with Crippen molar-refractivity contribution in [2.75, 3.05) is 71.5 Å². The van der Waals surface area contributed by atoms with Crippen molar-refractivity contribution in [3.8, 4) is 0 Å². The summed E-state index contributed by atoms with van der Waals surface area (Å²) in [7, 11) is 3.96. The van der Waals surface area contributed by atoms with Crippen molar-refractivity contribution in [3.63, 3.8) is 0 Å². The van der Waals surface area contributed by atoms with E-state index in [-0.39, 0.29) is 6.61 Å². The number of likely N-dealkylation sites (tertiary alicyclic amines) is 1. The van der Waals surface area contributed by atoms with Crippen LogP contribution in [0.1, 0.15) is 4.88 Å². The zero-order chi connectivity index (χ0) is 17.1. The minimum Gasteiger partial charge on any atom is -0.396 e. The Labute approximate surface area is 153 Å². The number of hydrogen-bond donors (Lipinski definition) is 1. The second-order valence-electron chi connectivity index (χ2n) is 6.91. The Bertz CT molecular complexity index is 536. The van der Waals surface area contributed by atoms with E-state index >= 15 is 0 Å². The summed E-state index contributed by atoms with van der Waals surface area (Å²) < 4.78 is 5.43. The molecule has 2 atom stereocenters. The number of aliphatic hydroxyl groups excluding tert-OH is 1. The minimum atomic E-state index is 0.255. The summed E-state index contributed by atoms with van der Waals surface area (Å²) in [6.45, 7) is 7.71. The summed E-state index contributed by atoms with van der Waals surface area (Å²) in [5.41, 5.74) is 0. The molecule has 3 heterocycles. The molecule has 0 unspecified atom stereocenters. The van der Waals surface area contributed by atoms with Crippen LogP contribution in [0.3, 0.4) is 0 Å². The average Bonchev–Trinajstić information content (AvgIpc) is 3.12. The molecule has 2 aliphatic rings. The van der Waals surface area contributed by atoms with Gasteiger partial charge in [0.1, 0.15) is 5.15 Å². The second kappa shape index (κ2) is 8.29. The molecule has 2 saturated heterocycles. The van der Waals surface area contributed by atoms with Gasteiger partial charge in [0.25, 0.3) is 0 Å². The van der Waals surface area contributed by atoms with Gasteiger partial charge in [-0.25, -0.2) is 4.98 Å². The highest BCUT2D eigenvalue weighted by atomic mass is 35.5. The van der Waals surface area contributed by atoms with Gasteiger partial charge in [0.05, 0.1) is 18.1 Å². The van der Waals surface area contributed by atoms with Crippen molar-refractivity contribution in [3.05, 3.63) is 10.0 Å². The summed E-state index contributed by atoms with van der Waals surface area (Å²) in [5.74, 6) is 0.848. The van der Waals surface area contributed by atoms with E-state index in [0.717, 1.165) is 62.5 Å². The molecule has 0 amide bonds.